The molecule has 2 aromatic carbocycles. The lowest BCUT2D eigenvalue weighted by Crippen LogP contribution is -2.39. The number of nitrogens with zero attached hydrogens (tertiary/aromatic N) is 3. The van der Waals surface area contributed by atoms with Crippen LogP contribution in [0.4, 0.5) is 5.69 Å². The molecule has 4 rings (SSSR count). The smallest absolute Gasteiger partial charge is 0.338 e. The number of ether oxygens (including phenoxy) is 2. The molecule has 0 aliphatic heterocycles. The van der Waals surface area contributed by atoms with E-state index in [2.05, 4.69) is 4.98 Å². The van der Waals surface area contributed by atoms with E-state index in [1.165, 1.54) is 31.5 Å². The van der Waals surface area contributed by atoms with E-state index in [1.54, 1.807) is 67.9 Å². The van der Waals surface area contributed by atoms with E-state index in [1.807, 2.05) is 0 Å². The monoisotopic (exact) mass is 589 g/mol. The van der Waals surface area contributed by atoms with Crippen LogP contribution in [-0.2, 0) is 24.3 Å². The van der Waals surface area contributed by atoms with Crippen LogP contribution in [0.25, 0.3) is 16.7 Å². The first-order valence-corrected chi connectivity index (χ1v) is 13.8. The number of fused-ring (bicyclic) bond motifs is 1. The molecule has 9 nitrogen and oxygen atoms in total. The first-order valence-electron chi connectivity index (χ1n) is 11.6. The van der Waals surface area contributed by atoms with Gasteiger partial charge >= 0.3 is 11.9 Å². The second-order valence-corrected chi connectivity index (χ2v) is 12.3. The van der Waals surface area contributed by atoms with Crippen LogP contribution in [0, 0.1) is 0 Å². The van der Waals surface area contributed by atoms with Crippen LogP contribution in [0.2, 0.25) is 10.0 Å². The van der Waals surface area contributed by atoms with Crippen LogP contribution in [0.3, 0.4) is 0 Å². The van der Waals surface area contributed by atoms with Crippen molar-refractivity contribution in [2.75, 3.05) is 18.0 Å². The van der Waals surface area contributed by atoms with Gasteiger partial charge in [0.05, 0.1) is 28.8 Å². The van der Waals surface area contributed by atoms with Gasteiger partial charge in [0.1, 0.15) is 18.0 Å². The number of sulfonamides is 1. The third-order valence-electron chi connectivity index (χ3n) is 5.49. The summed E-state index contributed by atoms with van der Waals surface area (Å²) < 4.78 is 40.4. The largest absolute Gasteiger partial charge is 0.465 e. The Hall–Kier alpha value is -3.60. The van der Waals surface area contributed by atoms with Crippen LogP contribution in [0.15, 0.2) is 71.9 Å². The Labute approximate surface area is 235 Å². The number of halogens is 2. The first kappa shape index (κ1) is 28.4. The highest BCUT2D eigenvalue weighted by atomic mass is 35.5. The van der Waals surface area contributed by atoms with Gasteiger partial charge < -0.3 is 14.0 Å². The predicted molar refractivity (Wildman–Crippen MR) is 149 cm³/mol. The molecule has 204 valence electrons. The summed E-state index contributed by atoms with van der Waals surface area (Å²) in [6, 6.07) is 13.7. The van der Waals surface area contributed by atoms with Crippen molar-refractivity contribution in [3.8, 4) is 5.82 Å². The fraction of sp³-hybridized carbons (Fsp3) is 0.222. The van der Waals surface area contributed by atoms with Crippen molar-refractivity contribution in [2.45, 2.75) is 31.3 Å². The minimum absolute atomic E-state index is 0.132. The number of pyridine rings is 1. The van der Waals surface area contributed by atoms with E-state index < -0.39 is 34.1 Å². The number of esters is 2. The molecule has 0 bridgehead atoms. The molecule has 0 aliphatic carbocycles. The third-order valence-corrected chi connectivity index (χ3v) is 7.68. The second kappa shape index (κ2) is 10.9. The Morgan fingerprint density at radius 1 is 1.00 bits per heavy atom. The zero-order valence-electron chi connectivity index (χ0n) is 21.5. The second-order valence-electron chi connectivity index (χ2n) is 9.53. The number of anilines is 1. The molecule has 0 saturated carbocycles. The van der Waals surface area contributed by atoms with Gasteiger partial charge in [-0.1, -0.05) is 23.2 Å². The van der Waals surface area contributed by atoms with Crippen molar-refractivity contribution in [2.24, 2.45) is 0 Å². The fourth-order valence-electron chi connectivity index (χ4n) is 3.89. The van der Waals surface area contributed by atoms with E-state index >= 15 is 0 Å². The van der Waals surface area contributed by atoms with Gasteiger partial charge in [-0.3, -0.25) is 9.10 Å². The van der Waals surface area contributed by atoms with Crippen molar-refractivity contribution >= 4 is 61.8 Å². The predicted octanol–water partition coefficient (Wildman–Crippen LogP) is 5.66. The zero-order chi connectivity index (χ0) is 28.5. The van der Waals surface area contributed by atoms with Crippen LogP contribution < -0.4 is 4.31 Å². The molecule has 0 unspecified atom stereocenters. The lowest BCUT2D eigenvalue weighted by Gasteiger charge is -2.26. The summed E-state index contributed by atoms with van der Waals surface area (Å²) in [6.45, 7) is 4.49. The Balaban J connectivity index is 1.80. The minimum Gasteiger partial charge on any atom is -0.465 e. The molecule has 2 heterocycles. The minimum atomic E-state index is -4.29. The highest BCUT2D eigenvalue weighted by Gasteiger charge is 2.30. The van der Waals surface area contributed by atoms with Gasteiger partial charge in [-0.05, 0) is 75.4 Å². The van der Waals surface area contributed by atoms with E-state index in [4.69, 9.17) is 32.7 Å². The van der Waals surface area contributed by atoms with Gasteiger partial charge in [0.15, 0.2) is 0 Å². The van der Waals surface area contributed by atoms with Gasteiger partial charge in [-0.2, -0.15) is 0 Å². The summed E-state index contributed by atoms with van der Waals surface area (Å²) in [5, 5.41) is 0.922. The maximum atomic E-state index is 13.8. The van der Waals surface area contributed by atoms with Gasteiger partial charge in [0.2, 0.25) is 0 Å². The van der Waals surface area contributed by atoms with Crippen LogP contribution in [0.1, 0.15) is 31.1 Å². The summed E-state index contributed by atoms with van der Waals surface area (Å²) >= 11 is 12.2. The third kappa shape index (κ3) is 6.35. The molecule has 0 spiro atoms. The molecule has 0 atom stereocenters. The lowest BCUT2D eigenvalue weighted by molar-refractivity contribution is -0.152. The topological polar surface area (TPSA) is 108 Å². The Bertz CT molecular complexity index is 1660. The first-order chi connectivity index (χ1) is 18.3. The maximum absolute atomic E-state index is 13.8. The Kier molecular flexibility index (Phi) is 7.92. The molecular formula is C27H25Cl2N3O6S. The molecule has 0 radical (unpaired) electrons. The number of hydrogen-bond donors (Lipinski definition) is 0. The number of aromatic nitrogens is 2. The molecule has 0 N–H and O–H groups in total. The Morgan fingerprint density at radius 3 is 2.33 bits per heavy atom. The summed E-state index contributed by atoms with van der Waals surface area (Å²) in [5.74, 6) is -0.769. The summed E-state index contributed by atoms with van der Waals surface area (Å²) in [5.41, 5.74) is 0.418. The number of carbonyl (C=O) groups excluding carboxylic acids is 2. The van der Waals surface area contributed by atoms with E-state index in [0.717, 1.165) is 4.31 Å². The number of rotatable bonds is 7. The van der Waals surface area contributed by atoms with Crippen LogP contribution >= 0.6 is 23.2 Å². The fourth-order valence-corrected chi connectivity index (χ4v) is 6.02. The highest BCUT2D eigenvalue weighted by molar-refractivity contribution is 7.92. The van der Waals surface area contributed by atoms with Crippen molar-refractivity contribution in [1.82, 2.24) is 9.55 Å². The molecule has 0 aliphatic rings. The molecule has 0 fully saturated rings. The van der Waals surface area contributed by atoms with Gasteiger partial charge in [0.25, 0.3) is 10.0 Å². The standard InChI is InChI=1S/C27H25Cl2N3O6S/c1-27(2,3)38-25(33)16-32(39(35,36)22-14-19(28)13-20(29)15-22)21-5-6-23-17(11-21)8-10-31(23)24-12-18(7-9-30-24)26(34)37-4/h5-15H,16H2,1-4H3. The number of hydrogen-bond acceptors (Lipinski definition) is 7. The van der Waals surface area contributed by atoms with Crippen molar-refractivity contribution < 1.29 is 27.5 Å². The highest BCUT2D eigenvalue weighted by Crippen LogP contribution is 2.31. The Morgan fingerprint density at radius 2 is 1.69 bits per heavy atom. The van der Waals surface area contributed by atoms with Crippen LogP contribution in [-0.4, -0.2) is 49.2 Å². The van der Waals surface area contributed by atoms with Crippen LogP contribution in [0.5, 0.6) is 0 Å². The molecule has 0 amide bonds. The van der Waals surface area contributed by atoms with E-state index in [0.29, 0.717) is 22.3 Å². The molecule has 2 aromatic heterocycles. The number of carbonyl (C=O) groups is 2. The van der Waals surface area contributed by atoms with E-state index in [9.17, 15) is 18.0 Å². The normalized spacial score (nSPS) is 11.8. The molecular weight excluding hydrogens is 565 g/mol. The zero-order valence-corrected chi connectivity index (χ0v) is 23.8. The van der Waals surface area contributed by atoms with Gasteiger partial charge in [-0.15, -0.1) is 0 Å². The number of methoxy groups -OCH3 is 1. The summed E-state index contributed by atoms with van der Waals surface area (Å²) in [7, 11) is -2.99. The van der Waals surface area contributed by atoms with E-state index in [-0.39, 0.29) is 20.6 Å². The maximum Gasteiger partial charge on any atom is 0.338 e. The number of benzene rings is 2. The van der Waals surface area contributed by atoms with Crippen molar-refractivity contribution in [3.05, 3.63) is 82.6 Å². The SMILES string of the molecule is COC(=O)c1ccnc(-n2ccc3cc(N(CC(=O)OC(C)(C)C)S(=O)(=O)c4cc(Cl)cc(Cl)c4)ccc32)c1. The van der Waals surface area contributed by atoms with Crippen molar-refractivity contribution in [1.29, 1.82) is 0 Å². The summed E-state index contributed by atoms with van der Waals surface area (Å²) in [4.78, 5) is 28.9. The van der Waals surface area contributed by atoms with Gasteiger partial charge in [0, 0.05) is 27.8 Å². The quantitative estimate of drug-likeness (QED) is 0.256. The van der Waals surface area contributed by atoms with Crippen molar-refractivity contribution in [3.63, 3.8) is 0 Å². The average molecular weight is 590 g/mol. The van der Waals surface area contributed by atoms with Gasteiger partial charge in [-0.25, -0.2) is 18.2 Å². The molecule has 12 heteroatoms. The molecule has 39 heavy (non-hydrogen) atoms. The lowest BCUT2D eigenvalue weighted by atomic mass is 10.2. The molecule has 0 saturated heterocycles. The molecule has 4 aromatic rings. The average Bonchev–Trinajstić information content (AvgIpc) is 3.28. The summed E-state index contributed by atoms with van der Waals surface area (Å²) in [6.07, 6.45) is 3.23.